The summed E-state index contributed by atoms with van der Waals surface area (Å²) in [6.45, 7) is 9.04. The highest BCUT2D eigenvalue weighted by molar-refractivity contribution is 5.93. The van der Waals surface area contributed by atoms with Crippen molar-refractivity contribution in [3.05, 3.63) is 0 Å². The maximum atomic E-state index is 11.5. The molecule has 0 aliphatic carbocycles. The van der Waals surface area contributed by atoms with Crippen LogP contribution < -0.4 is 5.32 Å². The van der Waals surface area contributed by atoms with Gasteiger partial charge in [0, 0.05) is 39.8 Å². The van der Waals surface area contributed by atoms with Crippen LogP contribution in [0.25, 0.3) is 0 Å². The highest BCUT2D eigenvalue weighted by Crippen LogP contribution is 2.14. The summed E-state index contributed by atoms with van der Waals surface area (Å²) in [5, 5.41) is 3.31. The summed E-state index contributed by atoms with van der Waals surface area (Å²) in [5.74, 6) is 1.91. The number of terminal acetylenes is 1. The van der Waals surface area contributed by atoms with Crippen LogP contribution in [-0.2, 0) is 4.79 Å². The smallest absolute Gasteiger partial charge is 0.298 e. The first-order valence-electron chi connectivity index (χ1n) is 5.65. The van der Waals surface area contributed by atoms with Crippen molar-refractivity contribution in [2.75, 3.05) is 39.8 Å². The maximum absolute atomic E-state index is 11.5. The minimum Gasteiger partial charge on any atom is -0.329 e. The van der Waals surface area contributed by atoms with E-state index in [9.17, 15) is 4.79 Å². The average molecular weight is 223 g/mol. The van der Waals surface area contributed by atoms with Crippen LogP contribution in [-0.4, -0.2) is 61.0 Å². The molecule has 1 heterocycles. The zero-order valence-electron chi connectivity index (χ0n) is 10.4. The van der Waals surface area contributed by atoms with Crippen LogP contribution >= 0.6 is 0 Å². The molecule has 0 aromatic carbocycles. The number of nitrogens with one attached hydrogen (secondary N) is 1. The first-order chi connectivity index (χ1) is 7.47. The Morgan fingerprint density at radius 2 is 2.06 bits per heavy atom. The molecule has 0 aromatic heterocycles. The van der Waals surface area contributed by atoms with Gasteiger partial charge in [-0.25, -0.2) is 0 Å². The van der Waals surface area contributed by atoms with E-state index in [-0.39, 0.29) is 11.4 Å². The molecule has 16 heavy (non-hydrogen) atoms. The van der Waals surface area contributed by atoms with Crippen molar-refractivity contribution in [1.82, 2.24) is 15.1 Å². The van der Waals surface area contributed by atoms with Crippen LogP contribution in [0, 0.1) is 12.3 Å². The molecule has 0 bridgehead atoms. The summed E-state index contributed by atoms with van der Waals surface area (Å²) in [6.07, 6.45) is 5.14. The number of carbonyl (C=O) groups excluding carboxylic acids is 1. The number of carbonyl (C=O) groups is 1. The van der Waals surface area contributed by atoms with E-state index in [0.29, 0.717) is 0 Å². The summed E-state index contributed by atoms with van der Waals surface area (Å²) in [5.41, 5.74) is -0.221. The second kappa shape index (κ2) is 5.33. The van der Waals surface area contributed by atoms with Gasteiger partial charge >= 0.3 is 0 Å². The third kappa shape index (κ3) is 3.22. The zero-order chi connectivity index (χ0) is 12.2. The maximum Gasteiger partial charge on any atom is 0.298 e. The molecule has 0 radical (unpaired) electrons. The molecule has 1 amide bonds. The highest BCUT2D eigenvalue weighted by Gasteiger charge is 2.29. The van der Waals surface area contributed by atoms with Gasteiger partial charge in [0.15, 0.2) is 0 Å². The van der Waals surface area contributed by atoms with Crippen LogP contribution in [0.4, 0.5) is 0 Å². The van der Waals surface area contributed by atoms with Crippen molar-refractivity contribution < 1.29 is 4.79 Å². The van der Waals surface area contributed by atoms with E-state index in [4.69, 9.17) is 6.42 Å². The second-order valence-corrected chi connectivity index (χ2v) is 4.85. The molecule has 1 fully saturated rings. The average Bonchev–Trinajstić information content (AvgIpc) is 2.27. The molecule has 0 spiro atoms. The van der Waals surface area contributed by atoms with E-state index < -0.39 is 0 Å². The predicted octanol–water partition coefficient (Wildman–Crippen LogP) is -0.238. The normalized spacial score (nSPS) is 17.9. The summed E-state index contributed by atoms with van der Waals surface area (Å²) >= 11 is 0. The standard InChI is InChI=1S/C12H21N3O/c1-5-11(16)14(4)12(2,3)10-15-8-6-13-7-9-15/h1,13H,6-10H2,2-4H3. The first kappa shape index (κ1) is 13.0. The molecular formula is C12H21N3O. The van der Waals surface area contributed by atoms with Crippen molar-refractivity contribution >= 4 is 5.91 Å². The Kier molecular flexibility index (Phi) is 4.34. The third-order valence-electron chi connectivity index (χ3n) is 3.16. The lowest BCUT2D eigenvalue weighted by Crippen LogP contribution is -2.55. The van der Waals surface area contributed by atoms with Crippen LogP contribution in [0.15, 0.2) is 0 Å². The van der Waals surface area contributed by atoms with E-state index in [2.05, 4.69) is 16.1 Å². The molecule has 4 heteroatoms. The van der Waals surface area contributed by atoms with Gasteiger partial charge in [-0.1, -0.05) is 0 Å². The van der Waals surface area contributed by atoms with Crippen LogP contribution in [0.2, 0.25) is 0 Å². The van der Waals surface area contributed by atoms with E-state index in [1.165, 1.54) is 0 Å². The number of likely N-dealkylation sites (N-methyl/N-ethyl adjacent to an activating group) is 1. The van der Waals surface area contributed by atoms with E-state index >= 15 is 0 Å². The Balaban J connectivity index is 2.56. The number of rotatable bonds is 3. The van der Waals surface area contributed by atoms with Crippen molar-refractivity contribution in [2.45, 2.75) is 19.4 Å². The zero-order valence-corrected chi connectivity index (χ0v) is 10.4. The largest absolute Gasteiger partial charge is 0.329 e. The molecule has 1 aliphatic heterocycles. The molecule has 1 rings (SSSR count). The van der Waals surface area contributed by atoms with Gasteiger partial charge in [-0.2, -0.15) is 0 Å². The summed E-state index contributed by atoms with van der Waals surface area (Å²) in [7, 11) is 1.77. The Labute approximate surface area is 98.0 Å². The lowest BCUT2D eigenvalue weighted by molar-refractivity contribution is -0.129. The van der Waals surface area contributed by atoms with E-state index in [1.54, 1.807) is 11.9 Å². The molecule has 90 valence electrons. The number of hydrogen-bond acceptors (Lipinski definition) is 3. The Hall–Kier alpha value is -1.05. The quantitative estimate of drug-likeness (QED) is 0.671. The third-order valence-corrected chi connectivity index (χ3v) is 3.16. The van der Waals surface area contributed by atoms with Crippen LogP contribution in [0.3, 0.4) is 0 Å². The minimum absolute atomic E-state index is 0.221. The predicted molar refractivity (Wildman–Crippen MR) is 65.0 cm³/mol. The fourth-order valence-electron chi connectivity index (χ4n) is 1.89. The van der Waals surface area contributed by atoms with Gasteiger partial charge in [-0.15, -0.1) is 6.42 Å². The second-order valence-electron chi connectivity index (χ2n) is 4.85. The molecule has 0 atom stereocenters. The van der Waals surface area contributed by atoms with Crippen LogP contribution in [0.5, 0.6) is 0 Å². The van der Waals surface area contributed by atoms with Gasteiger partial charge in [0.05, 0.1) is 5.54 Å². The molecule has 0 aromatic rings. The molecule has 1 saturated heterocycles. The van der Waals surface area contributed by atoms with Crippen molar-refractivity contribution in [2.24, 2.45) is 0 Å². The van der Waals surface area contributed by atoms with Gasteiger partial charge in [-0.3, -0.25) is 9.69 Å². The fourth-order valence-corrected chi connectivity index (χ4v) is 1.89. The summed E-state index contributed by atoms with van der Waals surface area (Å²) in [4.78, 5) is 15.5. The van der Waals surface area contributed by atoms with Crippen molar-refractivity contribution in [3.63, 3.8) is 0 Å². The van der Waals surface area contributed by atoms with Gasteiger partial charge in [-0.05, 0) is 19.8 Å². The van der Waals surface area contributed by atoms with Crippen molar-refractivity contribution in [1.29, 1.82) is 0 Å². The highest BCUT2D eigenvalue weighted by atomic mass is 16.2. The van der Waals surface area contributed by atoms with Gasteiger partial charge in [0.25, 0.3) is 5.91 Å². The lowest BCUT2D eigenvalue weighted by atomic mass is 10.0. The van der Waals surface area contributed by atoms with Gasteiger partial charge < -0.3 is 10.2 Å². The monoisotopic (exact) mass is 223 g/mol. The van der Waals surface area contributed by atoms with Crippen molar-refractivity contribution in [3.8, 4) is 12.3 Å². The van der Waals surface area contributed by atoms with Crippen LogP contribution in [0.1, 0.15) is 13.8 Å². The summed E-state index contributed by atoms with van der Waals surface area (Å²) in [6, 6.07) is 0. The molecule has 1 aliphatic rings. The fraction of sp³-hybridized carbons (Fsp3) is 0.750. The Morgan fingerprint density at radius 1 is 1.50 bits per heavy atom. The number of amides is 1. The minimum atomic E-state index is -0.250. The first-order valence-corrected chi connectivity index (χ1v) is 5.65. The lowest BCUT2D eigenvalue weighted by Gasteiger charge is -2.40. The molecule has 4 nitrogen and oxygen atoms in total. The number of piperazine rings is 1. The topological polar surface area (TPSA) is 35.6 Å². The number of nitrogens with zero attached hydrogens (tertiary/aromatic N) is 2. The Bertz CT molecular complexity index is 287. The van der Waals surface area contributed by atoms with E-state index in [1.807, 2.05) is 13.8 Å². The van der Waals surface area contributed by atoms with Gasteiger partial charge in [0.1, 0.15) is 0 Å². The Morgan fingerprint density at radius 3 is 2.56 bits per heavy atom. The molecule has 0 unspecified atom stereocenters. The number of hydrogen-bond donors (Lipinski definition) is 1. The molecule has 1 N–H and O–H groups in total. The SMILES string of the molecule is C#CC(=O)N(C)C(C)(C)CN1CCNCC1. The molecular weight excluding hydrogens is 202 g/mol. The van der Waals surface area contributed by atoms with E-state index in [0.717, 1.165) is 32.7 Å². The molecule has 0 saturated carbocycles. The van der Waals surface area contributed by atoms with Gasteiger partial charge in [0.2, 0.25) is 0 Å². The summed E-state index contributed by atoms with van der Waals surface area (Å²) < 4.78 is 0.